The van der Waals surface area contributed by atoms with Gasteiger partial charge in [0, 0.05) is 23.8 Å². The molecule has 1 aliphatic carbocycles. The first kappa shape index (κ1) is 19.5. The van der Waals surface area contributed by atoms with Crippen molar-refractivity contribution in [3.05, 3.63) is 24.3 Å². The molecule has 0 aliphatic heterocycles. The standard InChI is InChI=1S/C17H25N3O2.ClH/c1-12(2)15(21)19-13-6-5-7-14(10-13)20-16(22)17(11-18)8-3-4-9-17;/h5-7,10,12H,3-4,8-9,11,18H2,1-2H3,(H,19,21)(H,20,22);1H. The minimum absolute atomic E-state index is 0. The molecule has 0 bridgehead atoms. The summed E-state index contributed by atoms with van der Waals surface area (Å²) < 4.78 is 0. The predicted molar refractivity (Wildman–Crippen MR) is 95.7 cm³/mol. The molecule has 1 fully saturated rings. The first-order chi connectivity index (χ1) is 10.5. The maximum absolute atomic E-state index is 12.5. The molecule has 0 heterocycles. The topological polar surface area (TPSA) is 84.2 Å². The number of halogens is 1. The van der Waals surface area contributed by atoms with Crippen LogP contribution in [-0.2, 0) is 9.59 Å². The molecule has 0 radical (unpaired) electrons. The van der Waals surface area contributed by atoms with Crippen LogP contribution in [0.3, 0.4) is 0 Å². The van der Waals surface area contributed by atoms with Crippen LogP contribution in [0.2, 0.25) is 0 Å². The van der Waals surface area contributed by atoms with Gasteiger partial charge in [-0.05, 0) is 31.0 Å². The van der Waals surface area contributed by atoms with Crippen LogP contribution in [-0.4, -0.2) is 18.4 Å². The van der Waals surface area contributed by atoms with Crippen molar-refractivity contribution >= 4 is 35.6 Å². The van der Waals surface area contributed by atoms with Crippen LogP contribution in [0.4, 0.5) is 11.4 Å². The van der Waals surface area contributed by atoms with Gasteiger partial charge in [0.2, 0.25) is 11.8 Å². The summed E-state index contributed by atoms with van der Waals surface area (Å²) in [5.74, 6) is -0.144. The number of nitrogens with two attached hydrogens (primary N) is 1. The number of nitrogens with one attached hydrogen (secondary N) is 2. The zero-order chi connectivity index (χ0) is 16.2. The summed E-state index contributed by atoms with van der Waals surface area (Å²) in [5.41, 5.74) is 6.77. The van der Waals surface area contributed by atoms with Crippen LogP contribution in [0.25, 0.3) is 0 Å². The highest BCUT2D eigenvalue weighted by atomic mass is 35.5. The van der Waals surface area contributed by atoms with Gasteiger partial charge in [0.05, 0.1) is 5.41 Å². The maximum atomic E-state index is 12.5. The van der Waals surface area contributed by atoms with Gasteiger partial charge in [-0.1, -0.05) is 32.8 Å². The maximum Gasteiger partial charge on any atom is 0.231 e. The molecular weight excluding hydrogens is 314 g/mol. The number of hydrogen-bond acceptors (Lipinski definition) is 3. The van der Waals surface area contributed by atoms with Crippen LogP contribution < -0.4 is 16.4 Å². The van der Waals surface area contributed by atoms with Crippen molar-refractivity contribution in [2.24, 2.45) is 17.1 Å². The van der Waals surface area contributed by atoms with Crippen molar-refractivity contribution < 1.29 is 9.59 Å². The molecule has 2 amide bonds. The lowest BCUT2D eigenvalue weighted by atomic mass is 9.85. The van der Waals surface area contributed by atoms with E-state index in [-0.39, 0.29) is 30.1 Å². The fourth-order valence-corrected chi connectivity index (χ4v) is 2.80. The Kier molecular flexibility index (Phi) is 7.03. The SMILES string of the molecule is CC(C)C(=O)Nc1cccc(NC(=O)C2(CN)CCCC2)c1.Cl. The van der Waals surface area contributed by atoms with Gasteiger partial charge >= 0.3 is 0 Å². The number of hydrogen-bond donors (Lipinski definition) is 3. The fraction of sp³-hybridized carbons (Fsp3) is 0.529. The Balaban J connectivity index is 0.00000264. The quantitative estimate of drug-likeness (QED) is 0.770. The van der Waals surface area contributed by atoms with Gasteiger partial charge in [0.25, 0.3) is 0 Å². The lowest BCUT2D eigenvalue weighted by Gasteiger charge is -2.25. The molecule has 0 spiro atoms. The zero-order valence-corrected chi connectivity index (χ0v) is 14.5. The van der Waals surface area contributed by atoms with Crippen LogP contribution in [0, 0.1) is 11.3 Å². The van der Waals surface area contributed by atoms with E-state index >= 15 is 0 Å². The van der Waals surface area contributed by atoms with Gasteiger partial charge in [0.15, 0.2) is 0 Å². The number of rotatable bonds is 5. The second kappa shape index (κ2) is 8.31. The number of benzene rings is 1. The lowest BCUT2D eigenvalue weighted by Crippen LogP contribution is -2.40. The van der Waals surface area contributed by atoms with Crippen molar-refractivity contribution in [2.75, 3.05) is 17.2 Å². The summed E-state index contributed by atoms with van der Waals surface area (Å²) in [4.78, 5) is 24.3. The third-order valence-corrected chi connectivity index (χ3v) is 4.35. The van der Waals surface area contributed by atoms with Crippen LogP contribution in [0.5, 0.6) is 0 Å². The molecule has 0 unspecified atom stereocenters. The molecule has 0 saturated heterocycles. The Labute approximate surface area is 143 Å². The molecule has 0 atom stereocenters. The van der Waals surface area contributed by atoms with E-state index in [4.69, 9.17) is 5.73 Å². The summed E-state index contributed by atoms with van der Waals surface area (Å²) in [6.07, 6.45) is 3.79. The summed E-state index contributed by atoms with van der Waals surface area (Å²) in [6, 6.07) is 7.22. The highest BCUT2D eigenvalue weighted by molar-refractivity contribution is 5.97. The van der Waals surface area contributed by atoms with Crippen LogP contribution in [0.1, 0.15) is 39.5 Å². The average molecular weight is 340 g/mol. The largest absolute Gasteiger partial charge is 0.329 e. The highest BCUT2D eigenvalue weighted by Gasteiger charge is 2.39. The van der Waals surface area contributed by atoms with Gasteiger partial charge in [-0.25, -0.2) is 0 Å². The molecule has 2 rings (SSSR count). The zero-order valence-electron chi connectivity index (χ0n) is 13.7. The van der Waals surface area contributed by atoms with E-state index in [0.29, 0.717) is 17.9 Å². The van der Waals surface area contributed by atoms with E-state index < -0.39 is 5.41 Å². The number of amides is 2. The van der Waals surface area contributed by atoms with E-state index in [2.05, 4.69) is 10.6 Å². The van der Waals surface area contributed by atoms with Crippen molar-refractivity contribution in [1.29, 1.82) is 0 Å². The van der Waals surface area contributed by atoms with Crippen LogP contribution >= 0.6 is 12.4 Å². The minimum Gasteiger partial charge on any atom is -0.329 e. The molecule has 1 saturated carbocycles. The number of carbonyl (C=O) groups excluding carboxylic acids is 2. The molecule has 4 N–H and O–H groups in total. The van der Waals surface area contributed by atoms with E-state index in [1.54, 1.807) is 6.07 Å². The molecule has 23 heavy (non-hydrogen) atoms. The van der Waals surface area contributed by atoms with Crippen molar-refractivity contribution in [3.8, 4) is 0 Å². The van der Waals surface area contributed by atoms with E-state index in [9.17, 15) is 9.59 Å². The normalized spacial score (nSPS) is 15.8. The Morgan fingerprint density at radius 1 is 1.17 bits per heavy atom. The van der Waals surface area contributed by atoms with Crippen LogP contribution in [0.15, 0.2) is 24.3 Å². The molecule has 6 heteroatoms. The summed E-state index contributed by atoms with van der Waals surface area (Å²) in [6.45, 7) is 4.06. The number of carbonyl (C=O) groups is 2. The third-order valence-electron chi connectivity index (χ3n) is 4.35. The van der Waals surface area contributed by atoms with Gasteiger partial charge in [-0.3, -0.25) is 9.59 Å². The van der Waals surface area contributed by atoms with Gasteiger partial charge in [0.1, 0.15) is 0 Å². The molecule has 128 valence electrons. The Hall–Kier alpha value is -1.59. The Bertz CT molecular complexity index is 555. The molecule has 5 nitrogen and oxygen atoms in total. The highest BCUT2D eigenvalue weighted by Crippen LogP contribution is 2.38. The summed E-state index contributed by atoms with van der Waals surface area (Å²) in [7, 11) is 0. The Morgan fingerprint density at radius 3 is 2.26 bits per heavy atom. The monoisotopic (exact) mass is 339 g/mol. The second-order valence-electron chi connectivity index (χ2n) is 6.37. The van der Waals surface area contributed by atoms with Gasteiger partial charge in [-0.2, -0.15) is 0 Å². The van der Waals surface area contributed by atoms with Gasteiger partial charge in [-0.15, -0.1) is 12.4 Å². The predicted octanol–water partition coefficient (Wildman–Crippen LogP) is 3.16. The first-order valence-electron chi connectivity index (χ1n) is 7.89. The van der Waals surface area contributed by atoms with E-state index in [1.165, 1.54) is 0 Å². The first-order valence-corrected chi connectivity index (χ1v) is 7.89. The Morgan fingerprint density at radius 2 is 1.74 bits per heavy atom. The molecule has 1 aromatic rings. The average Bonchev–Trinajstić information content (AvgIpc) is 2.97. The second-order valence-corrected chi connectivity index (χ2v) is 6.37. The molecule has 0 aromatic heterocycles. The molecular formula is C17H26ClN3O2. The third kappa shape index (κ3) is 4.69. The van der Waals surface area contributed by atoms with E-state index in [0.717, 1.165) is 25.7 Å². The summed E-state index contributed by atoms with van der Waals surface area (Å²) in [5, 5.41) is 5.78. The molecule has 1 aliphatic rings. The van der Waals surface area contributed by atoms with Crippen molar-refractivity contribution in [1.82, 2.24) is 0 Å². The smallest absolute Gasteiger partial charge is 0.231 e. The summed E-state index contributed by atoms with van der Waals surface area (Å²) >= 11 is 0. The molecule has 1 aromatic carbocycles. The lowest BCUT2D eigenvalue weighted by molar-refractivity contribution is -0.124. The van der Waals surface area contributed by atoms with Crippen molar-refractivity contribution in [3.63, 3.8) is 0 Å². The fourth-order valence-electron chi connectivity index (χ4n) is 2.80. The van der Waals surface area contributed by atoms with Gasteiger partial charge < -0.3 is 16.4 Å². The van der Waals surface area contributed by atoms with E-state index in [1.807, 2.05) is 32.0 Å². The number of anilines is 2. The minimum atomic E-state index is -0.433. The van der Waals surface area contributed by atoms with Crippen molar-refractivity contribution in [2.45, 2.75) is 39.5 Å².